The van der Waals surface area contributed by atoms with Gasteiger partial charge in [0.1, 0.15) is 10.6 Å². The number of halogens is 3. The minimum atomic E-state index is -4.77. The SMILES string of the molecule is Cc1cnccc1C(=O)O.Cc1nnsc1C(=O)Nc1ccc(-c2cc(OC(F)(F)F)ccc2N(C)C)cc1. The Balaban J connectivity index is 0.000000353. The van der Waals surface area contributed by atoms with Crippen molar-refractivity contribution in [2.45, 2.75) is 20.2 Å². The third kappa shape index (κ3) is 7.98. The topological polar surface area (TPSA) is 118 Å². The maximum Gasteiger partial charge on any atom is 0.573 e. The van der Waals surface area contributed by atoms with Gasteiger partial charge in [0.05, 0.1) is 11.3 Å². The summed E-state index contributed by atoms with van der Waals surface area (Å²) in [6.07, 6.45) is -1.77. The summed E-state index contributed by atoms with van der Waals surface area (Å²) in [4.78, 5) is 28.6. The summed E-state index contributed by atoms with van der Waals surface area (Å²) in [6.45, 7) is 3.41. The third-order valence-corrected chi connectivity index (χ3v) is 6.07. The van der Waals surface area contributed by atoms with Gasteiger partial charge in [-0.3, -0.25) is 9.78 Å². The van der Waals surface area contributed by atoms with Crippen LogP contribution in [0.5, 0.6) is 5.75 Å². The highest BCUT2D eigenvalue weighted by atomic mass is 32.1. The molecular formula is C26H24F3N5O4S. The number of rotatable bonds is 6. The number of hydrogen-bond donors (Lipinski definition) is 2. The van der Waals surface area contributed by atoms with E-state index in [1.807, 2.05) is 0 Å². The Bertz CT molecular complexity index is 1460. The number of carboxylic acids is 1. The lowest BCUT2D eigenvalue weighted by Crippen LogP contribution is -2.17. The van der Waals surface area contributed by atoms with Crippen molar-refractivity contribution in [2.75, 3.05) is 24.3 Å². The molecule has 0 spiro atoms. The van der Waals surface area contributed by atoms with Crippen LogP contribution < -0.4 is 15.0 Å². The molecule has 0 fully saturated rings. The van der Waals surface area contributed by atoms with Gasteiger partial charge in [0.2, 0.25) is 0 Å². The summed E-state index contributed by atoms with van der Waals surface area (Å²) < 4.78 is 45.5. The van der Waals surface area contributed by atoms with Gasteiger partial charge >= 0.3 is 12.3 Å². The van der Waals surface area contributed by atoms with Gasteiger partial charge in [0.25, 0.3) is 5.91 Å². The van der Waals surface area contributed by atoms with Crippen LogP contribution in [0.15, 0.2) is 60.9 Å². The van der Waals surface area contributed by atoms with Crippen LogP contribution in [0.2, 0.25) is 0 Å². The Kier molecular flexibility index (Phi) is 9.20. The zero-order valence-electron chi connectivity index (χ0n) is 21.3. The van der Waals surface area contributed by atoms with Gasteiger partial charge in [-0.2, -0.15) is 0 Å². The highest BCUT2D eigenvalue weighted by molar-refractivity contribution is 7.08. The molecule has 4 rings (SSSR count). The first-order valence-corrected chi connectivity index (χ1v) is 12.0. The van der Waals surface area contributed by atoms with Crippen molar-refractivity contribution < 1.29 is 32.6 Å². The Morgan fingerprint density at radius 2 is 1.74 bits per heavy atom. The normalized spacial score (nSPS) is 10.7. The van der Waals surface area contributed by atoms with Crippen LogP contribution in [-0.4, -0.2) is 52.0 Å². The predicted molar refractivity (Wildman–Crippen MR) is 141 cm³/mol. The number of anilines is 2. The number of pyridine rings is 1. The average Bonchev–Trinajstić information content (AvgIpc) is 3.30. The molecule has 39 heavy (non-hydrogen) atoms. The number of aromatic carboxylic acids is 1. The molecule has 0 saturated carbocycles. The van der Waals surface area contributed by atoms with E-state index in [2.05, 4.69) is 24.6 Å². The fourth-order valence-corrected chi connectivity index (χ4v) is 3.96. The quantitative estimate of drug-likeness (QED) is 0.304. The van der Waals surface area contributed by atoms with Crippen molar-refractivity contribution in [3.05, 3.63) is 82.6 Å². The highest BCUT2D eigenvalue weighted by Crippen LogP contribution is 2.35. The average molecular weight is 560 g/mol. The van der Waals surface area contributed by atoms with E-state index in [-0.39, 0.29) is 11.7 Å². The van der Waals surface area contributed by atoms with E-state index in [1.165, 1.54) is 30.6 Å². The van der Waals surface area contributed by atoms with E-state index in [4.69, 9.17) is 5.11 Å². The summed E-state index contributed by atoms with van der Waals surface area (Å²) in [7, 11) is 3.59. The standard InChI is InChI=1S/C19H17F3N4O2S.C7H7NO2/c1-11-17(29-25-24-11)18(27)23-13-6-4-12(5-7-13)15-10-14(28-19(20,21)22)8-9-16(15)26(2)3;1-5-4-8-3-2-6(5)7(9)10/h4-10H,1-3H3,(H,23,27);2-4H,1H3,(H,9,10). The second-order valence-corrected chi connectivity index (χ2v) is 9.09. The molecule has 0 atom stereocenters. The van der Waals surface area contributed by atoms with Gasteiger partial charge in [-0.15, -0.1) is 18.3 Å². The molecule has 2 N–H and O–H groups in total. The van der Waals surface area contributed by atoms with Gasteiger partial charge in [0.15, 0.2) is 0 Å². The Morgan fingerprint density at radius 3 is 2.26 bits per heavy atom. The molecule has 2 aromatic carbocycles. The molecule has 0 saturated heterocycles. The van der Waals surface area contributed by atoms with Crippen LogP contribution in [-0.2, 0) is 0 Å². The number of nitrogens with zero attached hydrogens (tertiary/aromatic N) is 4. The molecular weight excluding hydrogens is 535 g/mol. The van der Waals surface area contributed by atoms with Crippen LogP contribution >= 0.6 is 11.5 Å². The Hall–Kier alpha value is -4.52. The maximum atomic E-state index is 12.6. The van der Waals surface area contributed by atoms with Gasteiger partial charge in [-0.25, -0.2) is 4.79 Å². The largest absolute Gasteiger partial charge is 0.573 e. The number of hydrogen-bond acceptors (Lipinski definition) is 8. The van der Waals surface area contributed by atoms with Crippen LogP contribution in [0, 0.1) is 13.8 Å². The number of aryl methyl sites for hydroxylation is 2. The van der Waals surface area contributed by atoms with Crippen LogP contribution in [0.25, 0.3) is 11.1 Å². The molecule has 0 aliphatic carbocycles. The number of carbonyl (C=O) groups is 2. The lowest BCUT2D eigenvalue weighted by molar-refractivity contribution is -0.274. The second kappa shape index (κ2) is 12.3. The molecule has 0 aliphatic heterocycles. The number of nitrogens with one attached hydrogen (secondary N) is 1. The molecule has 2 aromatic heterocycles. The molecule has 0 bridgehead atoms. The first kappa shape index (κ1) is 29.0. The maximum absolute atomic E-state index is 12.6. The second-order valence-electron chi connectivity index (χ2n) is 8.34. The lowest BCUT2D eigenvalue weighted by atomic mass is 10.0. The zero-order chi connectivity index (χ0) is 28.7. The fourth-order valence-electron chi connectivity index (χ4n) is 3.41. The Morgan fingerprint density at radius 1 is 1.05 bits per heavy atom. The summed E-state index contributed by atoms with van der Waals surface area (Å²) in [5, 5.41) is 15.1. The molecule has 2 heterocycles. The molecule has 204 valence electrons. The van der Waals surface area contributed by atoms with Crippen LogP contribution in [0.3, 0.4) is 0 Å². The predicted octanol–water partition coefficient (Wildman–Crippen LogP) is 5.82. The van der Waals surface area contributed by atoms with E-state index in [0.717, 1.165) is 17.2 Å². The molecule has 1 amide bonds. The summed E-state index contributed by atoms with van der Waals surface area (Å²) in [5.74, 6) is -1.52. The van der Waals surface area contributed by atoms with Gasteiger partial charge < -0.3 is 20.1 Å². The molecule has 4 aromatic rings. The summed E-state index contributed by atoms with van der Waals surface area (Å²) in [5.41, 5.74) is 4.06. The molecule has 13 heteroatoms. The molecule has 0 unspecified atom stereocenters. The van der Waals surface area contributed by atoms with Crippen LogP contribution in [0.4, 0.5) is 24.5 Å². The first-order valence-electron chi connectivity index (χ1n) is 11.3. The van der Waals surface area contributed by atoms with E-state index in [1.54, 1.807) is 63.2 Å². The summed E-state index contributed by atoms with van der Waals surface area (Å²) >= 11 is 1.00. The number of amides is 1. The molecule has 0 aliphatic rings. The molecule has 0 radical (unpaired) electrons. The number of alkyl halides is 3. The lowest BCUT2D eigenvalue weighted by Gasteiger charge is -2.19. The number of benzene rings is 2. The van der Waals surface area contributed by atoms with E-state index in [9.17, 15) is 22.8 Å². The van der Waals surface area contributed by atoms with E-state index < -0.39 is 12.3 Å². The minimum absolute atomic E-state index is 0.302. The third-order valence-electron chi connectivity index (χ3n) is 5.25. The molecule has 9 nitrogen and oxygen atoms in total. The van der Waals surface area contributed by atoms with Crippen molar-refractivity contribution in [3.63, 3.8) is 0 Å². The Labute approximate surface area is 226 Å². The zero-order valence-corrected chi connectivity index (χ0v) is 22.1. The van der Waals surface area contributed by atoms with E-state index in [0.29, 0.717) is 38.5 Å². The van der Waals surface area contributed by atoms with Crippen molar-refractivity contribution in [1.82, 2.24) is 14.6 Å². The monoisotopic (exact) mass is 559 g/mol. The van der Waals surface area contributed by atoms with Crippen molar-refractivity contribution in [1.29, 1.82) is 0 Å². The van der Waals surface area contributed by atoms with Gasteiger partial charge in [-0.1, -0.05) is 16.6 Å². The van der Waals surface area contributed by atoms with E-state index >= 15 is 0 Å². The first-order chi connectivity index (χ1) is 18.4. The van der Waals surface area contributed by atoms with Crippen LogP contribution in [0.1, 0.15) is 31.3 Å². The van der Waals surface area contributed by atoms with Crippen molar-refractivity contribution in [2.24, 2.45) is 0 Å². The number of carboxylic acid groups (broad SMARTS) is 1. The number of aromatic nitrogens is 3. The number of ether oxygens (including phenoxy) is 1. The summed E-state index contributed by atoms with van der Waals surface area (Å²) in [6, 6.07) is 12.4. The number of carbonyl (C=O) groups excluding carboxylic acids is 1. The van der Waals surface area contributed by atoms with Crippen molar-refractivity contribution >= 4 is 34.8 Å². The fraction of sp³-hybridized carbons (Fsp3) is 0.192. The smallest absolute Gasteiger partial charge is 0.478 e. The van der Waals surface area contributed by atoms with Crippen molar-refractivity contribution in [3.8, 4) is 16.9 Å². The van der Waals surface area contributed by atoms with Gasteiger partial charge in [0, 0.05) is 43.4 Å². The minimum Gasteiger partial charge on any atom is -0.478 e. The van der Waals surface area contributed by atoms with Gasteiger partial charge in [-0.05, 0) is 72.9 Å². The highest BCUT2D eigenvalue weighted by Gasteiger charge is 2.31.